The molecule has 0 atom stereocenters. The summed E-state index contributed by atoms with van der Waals surface area (Å²) in [5.41, 5.74) is 0. The van der Waals surface area contributed by atoms with Crippen molar-refractivity contribution in [1.29, 1.82) is 0 Å². The highest BCUT2D eigenvalue weighted by atomic mass is 32.2. The zero-order valence-corrected chi connectivity index (χ0v) is 15.3. The molecule has 0 aromatic carbocycles. The molecule has 1 aliphatic rings. The molecule has 2 rings (SSSR count). The summed E-state index contributed by atoms with van der Waals surface area (Å²) in [6, 6.07) is 0.366. The van der Waals surface area contributed by atoms with E-state index in [0.29, 0.717) is 37.7 Å². The Bertz CT molecular complexity index is 641. The van der Waals surface area contributed by atoms with Crippen LogP contribution in [-0.4, -0.2) is 59.2 Å². The third-order valence-corrected chi connectivity index (χ3v) is 5.66. The molecule has 0 radical (unpaired) electrons. The first-order valence-electron chi connectivity index (χ1n) is 8.37. The number of hydrogen-bond donors (Lipinski definition) is 3. The highest BCUT2D eigenvalue weighted by Gasteiger charge is 2.25. The zero-order valence-electron chi connectivity index (χ0n) is 14.5. The second-order valence-corrected chi connectivity index (χ2v) is 8.15. The predicted molar refractivity (Wildman–Crippen MR) is 94.8 cm³/mol. The standard InChI is InChI=1S/C15H27N5O3S/c1-4-11(5-2)17-14-13(21)10-16-15(19-14)18-12-6-8-20(9-7-12)24(3,22)23/h10-12,21H,4-9H2,1-3H3,(H2,16,17,18,19). The second-order valence-electron chi connectivity index (χ2n) is 6.17. The van der Waals surface area contributed by atoms with E-state index < -0.39 is 10.0 Å². The van der Waals surface area contributed by atoms with Crippen LogP contribution in [0.2, 0.25) is 0 Å². The number of aromatic hydroxyl groups is 1. The monoisotopic (exact) mass is 357 g/mol. The Balaban J connectivity index is 1.98. The Hall–Kier alpha value is -1.61. The van der Waals surface area contributed by atoms with Crippen molar-refractivity contribution in [3.8, 4) is 5.75 Å². The maximum atomic E-state index is 11.5. The van der Waals surface area contributed by atoms with Crippen molar-refractivity contribution < 1.29 is 13.5 Å². The van der Waals surface area contributed by atoms with Crippen LogP contribution in [0.1, 0.15) is 39.5 Å². The fourth-order valence-corrected chi connectivity index (χ4v) is 3.63. The van der Waals surface area contributed by atoms with E-state index in [9.17, 15) is 13.5 Å². The molecule has 0 bridgehead atoms. The minimum Gasteiger partial charge on any atom is -0.503 e. The molecule has 9 heteroatoms. The topological polar surface area (TPSA) is 107 Å². The molecule has 1 fully saturated rings. The van der Waals surface area contributed by atoms with Crippen LogP contribution < -0.4 is 10.6 Å². The van der Waals surface area contributed by atoms with Gasteiger partial charge in [-0.05, 0) is 25.7 Å². The first-order chi connectivity index (χ1) is 11.3. The quantitative estimate of drug-likeness (QED) is 0.680. The van der Waals surface area contributed by atoms with Crippen LogP contribution in [0, 0.1) is 0 Å². The smallest absolute Gasteiger partial charge is 0.225 e. The Morgan fingerprint density at radius 2 is 1.96 bits per heavy atom. The first-order valence-corrected chi connectivity index (χ1v) is 10.2. The van der Waals surface area contributed by atoms with Crippen LogP contribution in [0.25, 0.3) is 0 Å². The lowest BCUT2D eigenvalue weighted by molar-refractivity contribution is 0.331. The lowest BCUT2D eigenvalue weighted by Crippen LogP contribution is -2.42. The Morgan fingerprint density at radius 1 is 1.33 bits per heavy atom. The Morgan fingerprint density at radius 3 is 2.50 bits per heavy atom. The molecule has 1 saturated heterocycles. The van der Waals surface area contributed by atoms with E-state index in [2.05, 4.69) is 34.4 Å². The summed E-state index contributed by atoms with van der Waals surface area (Å²) in [5.74, 6) is 0.896. The van der Waals surface area contributed by atoms with Crippen LogP contribution in [0.5, 0.6) is 5.75 Å². The van der Waals surface area contributed by atoms with Gasteiger partial charge < -0.3 is 15.7 Å². The number of anilines is 2. The summed E-state index contributed by atoms with van der Waals surface area (Å²) in [6.07, 6.45) is 5.89. The van der Waals surface area contributed by atoms with Gasteiger partial charge in [0.15, 0.2) is 11.6 Å². The molecular formula is C15H27N5O3S. The Labute approximate surface area is 143 Å². The summed E-state index contributed by atoms with van der Waals surface area (Å²) in [4.78, 5) is 8.47. The van der Waals surface area contributed by atoms with Crippen molar-refractivity contribution in [2.45, 2.75) is 51.6 Å². The molecular weight excluding hydrogens is 330 g/mol. The molecule has 0 saturated carbocycles. The predicted octanol–water partition coefficient (Wildman–Crippen LogP) is 1.62. The van der Waals surface area contributed by atoms with Gasteiger partial charge in [0.2, 0.25) is 16.0 Å². The highest BCUT2D eigenvalue weighted by molar-refractivity contribution is 7.88. The molecule has 1 aromatic rings. The van der Waals surface area contributed by atoms with Crippen LogP contribution in [0.3, 0.4) is 0 Å². The molecule has 2 heterocycles. The summed E-state index contributed by atoms with van der Waals surface area (Å²) in [6.45, 7) is 5.14. The number of nitrogens with one attached hydrogen (secondary N) is 2. The van der Waals surface area contributed by atoms with E-state index >= 15 is 0 Å². The number of aromatic nitrogens is 2. The van der Waals surface area contributed by atoms with Gasteiger partial charge in [0, 0.05) is 25.2 Å². The average molecular weight is 357 g/mol. The largest absolute Gasteiger partial charge is 0.503 e. The minimum atomic E-state index is -3.12. The molecule has 0 amide bonds. The summed E-state index contributed by atoms with van der Waals surface area (Å²) in [7, 11) is -3.12. The molecule has 0 aliphatic carbocycles. The first kappa shape index (κ1) is 18.7. The SMILES string of the molecule is CCC(CC)Nc1nc(NC2CCN(S(C)(=O)=O)CC2)ncc1O. The summed E-state index contributed by atoms with van der Waals surface area (Å²) < 4.78 is 24.6. The average Bonchev–Trinajstić information content (AvgIpc) is 2.55. The van der Waals surface area contributed by atoms with Gasteiger partial charge >= 0.3 is 0 Å². The van der Waals surface area contributed by atoms with Crippen LogP contribution >= 0.6 is 0 Å². The fraction of sp³-hybridized carbons (Fsp3) is 0.733. The van der Waals surface area contributed by atoms with E-state index in [1.807, 2.05) is 0 Å². The normalized spacial score (nSPS) is 17.2. The third kappa shape index (κ3) is 4.94. The van der Waals surface area contributed by atoms with Crippen LogP contribution in [-0.2, 0) is 10.0 Å². The van der Waals surface area contributed by atoms with Gasteiger partial charge in [-0.2, -0.15) is 4.98 Å². The van der Waals surface area contributed by atoms with Gasteiger partial charge in [-0.25, -0.2) is 17.7 Å². The molecule has 8 nitrogen and oxygen atoms in total. The van der Waals surface area contributed by atoms with Gasteiger partial charge in [0.05, 0.1) is 12.5 Å². The van der Waals surface area contributed by atoms with Gasteiger partial charge in [-0.3, -0.25) is 0 Å². The van der Waals surface area contributed by atoms with E-state index in [4.69, 9.17) is 0 Å². The van der Waals surface area contributed by atoms with Crippen LogP contribution in [0.15, 0.2) is 6.20 Å². The summed E-state index contributed by atoms with van der Waals surface area (Å²) in [5, 5.41) is 16.4. The molecule has 1 aromatic heterocycles. The van der Waals surface area contributed by atoms with Crippen molar-refractivity contribution in [3.63, 3.8) is 0 Å². The maximum Gasteiger partial charge on any atom is 0.225 e. The molecule has 3 N–H and O–H groups in total. The Kier molecular flexibility index (Phi) is 6.22. The van der Waals surface area contributed by atoms with Crippen LogP contribution in [0.4, 0.5) is 11.8 Å². The number of sulfonamides is 1. The molecule has 0 unspecified atom stereocenters. The van der Waals surface area contributed by atoms with Crippen molar-refractivity contribution in [3.05, 3.63) is 6.20 Å². The number of rotatable bonds is 7. The van der Waals surface area contributed by atoms with Crippen molar-refractivity contribution in [1.82, 2.24) is 14.3 Å². The lowest BCUT2D eigenvalue weighted by atomic mass is 10.1. The number of hydrogen-bond acceptors (Lipinski definition) is 7. The van der Waals surface area contributed by atoms with Gasteiger partial charge in [0.25, 0.3) is 0 Å². The molecule has 136 valence electrons. The van der Waals surface area contributed by atoms with Gasteiger partial charge in [-0.1, -0.05) is 13.8 Å². The van der Waals surface area contributed by atoms with E-state index in [1.165, 1.54) is 16.8 Å². The highest BCUT2D eigenvalue weighted by Crippen LogP contribution is 2.24. The number of piperidine rings is 1. The summed E-state index contributed by atoms with van der Waals surface area (Å²) >= 11 is 0. The molecule has 0 spiro atoms. The maximum absolute atomic E-state index is 11.5. The minimum absolute atomic E-state index is 0.0272. The van der Waals surface area contributed by atoms with Crippen molar-refractivity contribution in [2.24, 2.45) is 0 Å². The number of nitrogens with zero attached hydrogens (tertiary/aromatic N) is 3. The van der Waals surface area contributed by atoms with E-state index in [0.717, 1.165) is 12.8 Å². The van der Waals surface area contributed by atoms with Crippen molar-refractivity contribution >= 4 is 21.8 Å². The third-order valence-electron chi connectivity index (χ3n) is 4.35. The second kappa shape index (κ2) is 7.98. The van der Waals surface area contributed by atoms with Gasteiger partial charge in [0.1, 0.15) is 0 Å². The van der Waals surface area contributed by atoms with E-state index in [1.54, 1.807) is 0 Å². The lowest BCUT2D eigenvalue weighted by Gasteiger charge is -2.30. The van der Waals surface area contributed by atoms with E-state index in [-0.39, 0.29) is 17.8 Å². The van der Waals surface area contributed by atoms with Crippen molar-refractivity contribution in [2.75, 3.05) is 30.0 Å². The zero-order chi connectivity index (χ0) is 17.7. The molecule has 1 aliphatic heterocycles. The molecule has 24 heavy (non-hydrogen) atoms. The van der Waals surface area contributed by atoms with Gasteiger partial charge in [-0.15, -0.1) is 0 Å². The fourth-order valence-electron chi connectivity index (χ4n) is 2.75.